The lowest BCUT2D eigenvalue weighted by Gasteiger charge is -2.25. The first-order valence-electron chi connectivity index (χ1n) is 6.99. The number of carbonyl (C=O) groups excluding carboxylic acids is 3. The molecule has 6 nitrogen and oxygen atoms in total. The summed E-state index contributed by atoms with van der Waals surface area (Å²) in [4.78, 5) is 40.9. The minimum Gasteiger partial charge on any atom is -0.339 e. The molecule has 19 heavy (non-hydrogen) atoms. The first-order chi connectivity index (χ1) is 9.18. The highest BCUT2D eigenvalue weighted by molar-refractivity contribution is 5.94. The average molecular weight is 268 g/mol. The predicted octanol–water partition coefficient (Wildman–Crippen LogP) is 1.75. The van der Waals surface area contributed by atoms with Crippen LogP contribution in [-0.2, 0) is 14.4 Å². The molecule has 0 atom stereocenters. The van der Waals surface area contributed by atoms with Crippen LogP contribution in [0.2, 0.25) is 0 Å². The van der Waals surface area contributed by atoms with E-state index in [1.54, 1.807) is 0 Å². The molecule has 0 radical (unpaired) electrons. The molecule has 1 saturated carbocycles. The Morgan fingerprint density at radius 2 is 1.84 bits per heavy atom. The summed E-state index contributed by atoms with van der Waals surface area (Å²) < 4.78 is 0. The summed E-state index contributed by atoms with van der Waals surface area (Å²) in [5, 5.41) is 0. The van der Waals surface area contributed by atoms with Gasteiger partial charge in [-0.3, -0.25) is 9.69 Å². The number of likely N-dealkylation sites (tertiary alicyclic amines) is 1. The van der Waals surface area contributed by atoms with Crippen LogP contribution in [0.15, 0.2) is 0 Å². The van der Waals surface area contributed by atoms with Crippen LogP contribution < -0.4 is 5.48 Å². The Labute approximate surface area is 112 Å². The first kappa shape index (κ1) is 13.8. The molecule has 106 valence electrons. The number of hydrogen-bond acceptors (Lipinski definition) is 4. The Morgan fingerprint density at radius 1 is 1.11 bits per heavy atom. The van der Waals surface area contributed by atoms with E-state index in [1.165, 1.54) is 0 Å². The van der Waals surface area contributed by atoms with E-state index in [0.717, 1.165) is 49.8 Å². The molecule has 3 amide bonds. The molecule has 2 aliphatic rings. The monoisotopic (exact) mass is 268 g/mol. The molecule has 2 fully saturated rings. The summed E-state index contributed by atoms with van der Waals surface area (Å²) in [6.07, 6.45) is 6.83. The molecule has 1 saturated heterocycles. The molecule has 1 heterocycles. The van der Waals surface area contributed by atoms with Gasteiger partial charge in [0.25, 0.3) is 0 Å². The molecular weight excluding hydrogens is 248 g/mol. The van der Waals surface area contributed by atoms with Gasteiger partial charge in [-0.05, 0) is 25.7 Å². The summed E-state index contributed by atoms with van der Waals surface area (Å²) in [6, 6.07) is -0.631. The summed E-state index contributed by atoms with van der Waals surface area (Å²) >= 11 is 0. The smallest absolute Gasteiger partial charge is 0.339 e. The molecule has 0 bridgehead atoms. The highest BCUT2D eigenvalue weighted by atomic mass is 16.7. The van der Waals surface area contributed by atoms with E-state index >= 15 is 0 Å². The Hall–Kier alpha value is -1.59. The van der Waals surface area contributed by atoms with Gasteiger partial charge >= 0.3 is 12.0 Å². The van der Waals surface area contributed by atoms with E-state index < -0.39 is 12.0 Å². The Morgan fingerprint density at radius 3 is 2.53 bits per heavy atom. The number of nitrogens with zero attached hydrogens (tertiary/aromatic N) is 1. The molecule has 1 N–H and O–H groups in total. The van der Waals surface area contributed by atoms with Gasteiger partial charge in [-0.15, -0.1) is 0 Å². The van der Waals surface area contributed by atoms with Crippen molar-refractivity contribution in [1.82, 2.24) is 10.4 Å². The van der Waals surface area contributed by atoms with Crippen molar-refractivity contribution in [1.29, 1.82) is 0 Å². The maximum absolute atomic E-state index is 11.7. The van der Waals surface area contributed by atoms with Crippen LogP contribution in [0.25, 0.3) is 0 Å². The highest BCUT2D eigenvalue weighted by Gasteiger charge is 2.27. The van der Waals surface area contributed by atoms with Gasteiger partial charge in [-0.1, -0.05) is 19.3 Å². The van der Waals surface area contributed by atoms with Crippen molar-refractivity contribution in [3.05, 3.63) is 0 Å². The molecule has 0 spiro atoms. The zero-order chi connectivity index (χ0) is 13.7. The molecule has 1 aliphatic heterocycles. The fraction of sp³-hybridized carbons (Fsp3) is 0.769. The van der Waals surface area contributed by atoms with Crippen LogP contribution in [0.3, 0.4) is 0 Å². The van der Waals surface area contributed by atoms with E-state index in [1.807, 2.05) is 0 Å². The minimum atomic E-state index is -0.631. The van der Waals surface area contributed by atoms with Crippen molar-refractivity contribution in [3.8, 4) is 0 Å². The number of nitrogens with one attached hydrogen (secondary N) is 1. The SMILES string of the molecule is O=C(ONC(=O)N1CCCCC1=O)C1CCCCC1. The van der Waals surface area contributed by atoms with Gasteiger partial charge in [0.05, 0.1) is 5.92 Å². The second kappa shape index (κ2) is 6.54. The number of hydrogen-bond donors (Lipinski definition) is 1. The zero-order valence-corrected chi connectivity index (χ0v) is 11.0. The summed E-state index contributed by atoms with van der Waals surface area (Å²) in [5.41, 5.74) is 2.10. The zero-order valence-electron chi connectivity index (χ0n) is 11.0. The van der Waals surface area contributed by atoms with Gasteiger partial charge in [0.2, 0.25) is 5.91 Å². The maximum Gasteiger partial charge on any atom is 0.357 e. The van der Waals surface area contributed by atoms with Gasteiger partial charge in [-0.25, -0.2) is 9.59 Å². The Kier molecular flexibility index (Phi) is 4.76. The van der Waals surface area contributed by atoms with E-state index in [9.17, 15) is 14.4 Å². The molecule has 6 heteroatoms. The van der Waals surface area contributed by atoms with Crippen LogP contribution in [-0.4, -0.2) is 29.4 Å². The van der Waals surface area contributed by atoms with E-state index in [2.05, 4.69) is 5.48 Å². The molecule has 0 aromatic heterocycles. The van der Waals surface area contributed by atoms with Crippen LogP contribution in [0, 0.1) is 5.92 Å². The van der Waals surface area contributed by atoms with Crippen LogP contribution in [0.5, 0.6) is 0 Å². The molecule has 2 rings (SSSR count). The van der Waals surface area contributed by atoms with Crippen LogP contribution in [0.4, 0.5) is 4.79 Å². The molecule has 0 unspecified atom stereocenters. The quantitative estimate of drug-likeness (QED) is 0.735. The Balaban J connectivity index is 1.76. The number of hydroxylamine groups is 1. The highest BCUT2D eigenvalue weighted by Crippen LogP contribution is 2.24. The number of rotatable bonds is 1. The fourth-order valence-electron chi connectivity index (χ4n) is 2.59. The van der Waals surface area contributed by atoms with Crippen molar-refractivity contribution in [3.63, 3.8) is 0 Å². The van der Waals surface area contributed by atoms with Gasteiger partial charge in [0, 0.05) is 13.0 Å². The number of piperidine rings is 1. The third kappa shape index (κ3) is 3.68. The third-order valence-electron chi connectivity index (χ3n) is 3.75. The second-order valence-electron chi connectivity index (χ2n) is 5.17. The van der Waals surface area contributed by atoms with Crippen molar-refractivity contribution in [2.75, 3.05) is 6.54 Å². The van der Waals surface area contributed by atoms with Gasteiger partial charge in [0.1, 0.15) is 0 Å². The van der Waals surface area contributed by atoms with Gasteiger partial charge < -0.3 is 4.84 Å². The molecule has 1 aliphatic carbocycles. The topological polar surface area (TPSA) is 75.7 Å². The van der Waals surface area contributed by atoms with Crippen LogP contribution >= 0.6 is 0 Å². The van der Waals surface area contributed by atoms with E-state index in [4.69, 9.17) is 4.84 Å². The lowest BCUT2D eigenvalue weighted by Crippen LogP contribution is -2.47. The normalized spacial score (nSPS) is 21.1. The maximum atomic E-state index is 11.7. The lowest BCUT2D eigenvalue weighted by atomic mass is 9.89. The van der Waals surface area contributed by atoms with Crippen molar-refractivity contribution in [2.45, 2.75) is 51.4 Å². The number of imide groups is 1. The second-order valence-corrected chi connectivity index (χ2v) is 5.17. The number of urea groups is 1. The van der Waals surface area contributed by atoms with Crippen molar-refractivity contribution < 1.29 is 19.2 Å². The summed E-state index contributed by atoms with van der Waals surface area (Å²) in [6.45, 7) is 0.394. The molecule has 0 aromatic carbocycles. The predicted molar refractivity (Wildman–Crippen MR) is 66.8 cm³/mol. The van der Waals surface area contributed by atoms with E-state index in [0.29, 0.717) is 13.0 Å². The largest absolute Gasteiger partial charge is 0.357 e. The summed E-state index contributed by atoms with van der Waals surface area (Å²) in [5.74, 6) is -0.721. The number of amides is 3. The standard InChI is InChI=1S/C13H20N2O4/c16-11-8-4-5-9-15(11)13(18)14-19-12(17)10-6-2-1-3-7-10/h10H,1-9H2,(H,14,18). The third-order valence-corrected chi connectivity index (χ3v) is 3.75. The number of carbonyl (C=O) groups is 3. The molecule has 0 aromatic rings. The van der Waals surface area contributed by atoms with Crippen LogP contribution in [0.1, 0.15) is 51.4 Å². The fourth-order valence-corrected chi connectivity index (χ4v) is 2.59. The van der Waals surface area contributed by atoms with Crippen molar-refractivity contribution >= 4 is 17.9 Å². The first-order valence-corrected chi connectivity index (χ1v) is 6.99. The van der Waals surface area contributed by atoms with Gasteiger partial charge in [0.15, 0.2) is 0 Å². The molecular formula is C13H20N2O4. The van der Waals surface area contributed by atoms with Crippen molar-refractivity contribution in [2.24, 2.45) is 5.92 Å². The minimum absolute atomic E-state index is 0.119. The lowest BCUT2D eigenvalue weighted by molar-refractivity contribution is -0.156. The van der Waals surface area contributed by atoms with E-state index in [-0.39, 0.29) is 11.8 Å². The summed E-state index contributed by atoms with van der Waals surface area (Å²) in [7, 11) is 0. The average Bonchev–Trinajstić information content (AvgIpc) is 2.46. The van der Waals surface area contributed by atoms with Gasteiger partial charge in [-0.2, -0.15) is 5.48 Å². The Bertz CT molecular complexity index is 364.